The van der Waals surface area contributed by atoms with Crippen molar-refractivity contribution >= 4 is 27.3 Å². The Kier molecular flexibility index (Phi) is 4.84. The molecule has 0 unspecified atom stereocenters. The first-order valence-electron chi connectivity index (χ1n) is 6.21. The van der Waals surface area contributed by atoms with Crippen molar-refractivity contribution in [1.29, 1.82) is 0 Å². The van der Waals surface area contributed by atoms with E-state index in [0.717, 1.165) is 15.7 Å². The molecule has 0 amide bonds. The van der Waals surface area contributed by atoms with E-state index in [-0.39, 0.29) is 11.6 Å². The lowest BCUT2D eigenvalue weighted by molar-refractivity contribution is 0.386. The van der Waals surface area contributed by atoms with E-state index < -0.39 is 0 Å². The Hall–Kier alpha value is -1.75. The molecule has 2 aromatic carbocycles. The molecule has 0 atom stereocenters. The van der Waals surface area contributed by atoms with Gasteiger partial charge < -0.3 is 15.8 Å². The average Bonchev–Trinajstić information content (AvgIpc) is 2.41. The van der Waals surface area contributed by atoms with E-state index in [1.807, 2.05) is 24.3 Å². The van der Waals surface area contributed by atoms with Crippen LogP contribution >= 0.6 is 15.9 Å². The lowest BCUT2D eigenvalue weighted by Gasteiger charge is -2.10. The highest BCUT2D eigenvalue weighted by atomic mass is 79.9. The van der Waals surface area contributed by atoms with Gasteiger partial charge in [-0.15, -0.1) is 0 Å². The number of anilines is 2. The zero-order chi connectivity index (χ0) is 14.5. The molecule has 0 radical (unpaired) electrons. The van der Waals surface area contributed by atoms with Gasteiger partial charge in [-0.3, -0.25) is 0 Å². The van der Waals surface area contributed by atoms with Crippen molar-refractivity contribution < 1.29 is 9.13 Å². The summed E-state index contributed by atoms with van der Waals surface area (Å²) in [6.07, 6.45) is 0.705. The van der Waals surface area contributed by atoms with Gasteiger partial charge in [0.1, 0.15) is 0 Å². The summed E-state index contributed by atoms with van der Waals surface area (Å²) in [4.78, 5) is 0. The zero-order valence-corrected chi connectivity index (χ0v) is 12.7. The summed E-state index contributed by atoms with van der Waals surface area (Å²) in [5.41, 5.74) is 8.36. The molecule has 5 heteroatoms. The summed E-state index contributed by atoms with van der Waals surface area (Å²) in [5.74, 6) is -0.0768. The molecular formula is C15H16BrFN2O. The maximum Gasteiger partial charge on any atom is 0.165 e. The highest BCUT2D eigenvalue weighted by molar-refractivity contribution is 9.10. The number of nitrogens with two attached hydrogens (primary N) is 1. The van der Waals surface area contributed by atoms with Crippen LogP contribution in [0.2, 0.25) is 0 Å². The standard InChI is InChI=1S/C15H16BrFN2O/c1-20-15-5-2-10(8-12(15)17)6-7-19-14-4-3-11(16)9-13(14)18/h2-5,8-9,19H,6-7,18H2,1H3. The zero-order valence-electron chi connectivity index (χ0n) is 11.1. The lowest BCUT2D eigenvalue weighted by atomic mass is 10.1. The molecule has 0 aromatic heterocycles. The smallest absolute Gasteiger partial charge is 0.165 e. The van der Waals surface area contributed by atoms with E-state index >= 15 is 0 Å². The summed E-state index contributed by atoms with van der Waals surface area (Å²) in [6.45, 7) is 0.678. The van der Waals surface area contributed by atoms with Crippen molar-refractivity contribution in [3.63, 3.8) is 0 Å². The van der Waals surface area contributed by atoms with Crippen LogP contribution in [0.15, 0.2) is 40.9 Å². The van der Waals surface area contributed by atoms with E-state index in [4.69, 9.17) is 10.5 Å². The van der Waals surface area contributed by atoms with E-state index in [0.29, 0.717) is 18.7 Å². The van der Waals surface area contributed by atoms with Crippen molar-refractivity contribution in [3.05, 3.63) is 52.3 Å². The van der Waals surface area contributed by atoms with Gasteiger partial charge in [0.25, 0.3) is 0 Å². The second-order valence-corrected chi connectivity index (χ2v) is 5.29. The van der Waals surface area contributed by atoms with Crippen LogP contribution in [-0.2, 0) is 6.42 Å². The van der Waals surface area contributed by atoms with Crippen LogP contribution in [0.5, 0.6) is 5.75 Å². The van der Waals surface area contributed by atoms with Crippen molar-refractivity contribution in [1.82, 2.24) is 0 Å². The summed E-state index contributed by atoms with van der Waals surface area (Å²) < 4.78 is 19.4. The van der Waals surface area contributed by atoms with Crippen LogP contribution in [0.3, 0.4) is 0 Å². The third-order valence-electron chi connectivity index (χ3n) is 2.96. The first-order chi connectivity index (χ1) is 9.60. The van der Waals surface area contributed by atoms with Gasteiger partial charge in [-0.25, -0.2) is 4.39 Å². The monoisotopic (exact) mass is 338 g/mol. The maximum atomic E-state index is 13.5. The predicted octanol–water partition coefficient (Wildman–Crippen LogP) is 3.83. The molecule has 0 saturated heterocycles. The molecule has 0 aliphatic heterocycles. The van der Waals surface area contributed by atoms with Crippen molar-refractivity contribution in [3.8, 4) is 5.75 Å². The van der Waals surface area contributed by atoms with Crippen LogP contribution < -0.4 is 15.8 Å². The lowest BCUT2D eigenvalue weighted by Crippen LogP contribution is -2.07. The second kappa shape index (κ2) is 6.61. The van der Waals surface area contributed by atoms with E-state index in [9.17, 15) is 4.39 Å². The van der Waals surface area contributed by atoms with Gasteiger partial charge in [-0.2, -0.15) is 0 Å². The Bertz CT molecular complexity index is 604. The van der Waals surface area contributed by atoms with Crippen molar-refractivity contribution in [2.45, 2.75) is 6.42 Å². The molecular weight excluding hydrogens is 323 g/mol. The van der Waals surface area contributed by atoms with Crippen LogP contribution in [0.4, 0.5) is 15.8 Å². The van der Waals surface area contributed by atoms with Crippen molar-refractivity contribution in [2.75, 3.05) is 24.7 Å². The Balaban J connectivity index is 1.94. The fraction of sp³-hybridized carbons (Fsp3) is 0.200. The molecule has 0 aliphatic carbocycles. The molecule has 0 fully saturated rings. The molecule has 106 valence electrons. The minimum Gasteiger partial charge on any atom is -0.494 e. The number of ether oxygens (including phenoxy) is 1. The fourth-order valence-electron chi connectivity index (χ4n) is 1.90. The quantitative estimate of drug-likeness (QED) is 0.814. The van der Waals surface area contributed by atoms with Gasteiger partial charge >= 0.3 is 0 Å². The van der Waals surface area contributed by atoms with Gasteiger partial charge in [0, 0.05) is 11.0 Å². The normalized spacial score (nSPS) is 10.3. The first kappa shape index (κ1) is 14.7. The predicted molar refractivity (Wildman–Crippen MR) is 83.7 cm³/mol. The van der Waals surface area contributed by atoms with Crippen LogP contribution in [0.25, 0.3) is 0 Å². The Morgan fingerprint density at radius 2 is 2.05 bits per heavy atom. The molecule has 3 nitrogen and oxygen atoms in total. The van der Waals surface area contributed by atoms with Gasteiger partial charge in [-0.1, -0.05) is 22.0 Å². The molecule has 0 heterocycles. The molecule has 3 N–H and O–H groups in total. The number of nitrogen functional groups attached to an aromatic ring is 1. The minimum atomic E-state index is -0.340. The number of hydrogen-bond acceptors (Lipinski definition) is 3. The van der Waals surface area contributed by atoms with Gasteiger partial charge in [0.15, 0.2) is 11.6 Å². The highest BCUT2D eigenvalue weighted by Gasteiger charge is 2.04. The summed E-state index contributed by atoms with van der Waals surface area (Å²) in [5, 5.41) is 3.24. The molecule has 0 spiro atoms. The van der Waals surface area contributed by atoms with Gasteiger partial charge in [0.05, 0.1) is 18.5 Å². The van der Waals surface area contributed by atoms with E-state index in [2.05, 4.69) is 21.2 Å². The topological polar surface area (TPSA) is 47.3 Å². The number of rotatable bonds is 5. The summed E-state index contributed by atoms with van der Waals surface area (Å²) in [7, 11) is 1.45. The van der Waals surface area contributed by atoms with Crippen LogP contribution in [0, 0.1) is 5.82 Å². The third-order valence-corrected chi connectivity index (χ3v) is 3.45. The molecule has 0 saturated carbocycles. The number of hydrogen-bond donors (Lipinski definition) is 2. The van der Waals surface area contributed by atoms with Gasteiger partial charge in [-0.05, 0) is 42.3 Å². The number of halogens is 2. The van der Waals surface area contributed by atoms with Crippen LogP contribution in [-0.4, -0.2) is 13.7 Å². The fourth-order valence-corrected chi connectivity index (χ4v) is 2.28. The Labute approximate surface area is 126 Å². The second-order valence-electron chi connectivity index (χ2n) is 4.38. The van der Waals surface area contributed by atoms with Crippen LogP contribution in [0.1, 0.15) is 5.56 Å². The Morgan fingerprint density at radius 1 is 1.25 bits per heavy atom. The maximum absolute atomic E-state index is 13.5. The van der Waals surface area contributed by atoms with E-state index in [1.54, 1.807) is 6.07 Å². The molecule has 0 bridgehead atoms. The minimum absolute atomic E-state index is 0.263. The molecule has 0 aliphatic rings. The first-order valence-corrected chi connectivity index (χ1v) is 7.01. The van der Waals surface area contributed by atoms with Crippen molar-refractivity contribution in [2.24, 2.45) is 0 Å². The molecule has 20 heavy (non-hydrogen) atoms. The largest absolute Gasteiger partial charge is 0.494 e. The summed E-state index contributed by atoms with van der Waals surface area (Å²) in [6, 6.07) is 10.7. The highest BCUT2D eigenvalue weighted by Crippen LogP contribution is 2.23. The molecule has 2 aromatic rings. The SMILES string of the molecule is COc1ccc(CCNc2ccc(Br)cc2N)cc1F. The molecule has 2 rings (SSSR count). The van der Waals surface area contributed by atoms with Gasteiger partial charge in [0.2, 0.25) is 0 Å². The summed E-state index contributed by atoms with van der Waals surface area (Å²) >= 11 is 3.36. The van der Waals surface area contributed by atoms with E-state index in [1.165, 1.54) is 13.2 Å². The third kappa shape index (κ3) is 3.63. The number of nitrogens with one attached hydrogen (secondary N) is 1. The Morgan fingerprint density at radius 3 is 2.70 bits per heavy atom. The average molecular weight is 339 g/mol. The number of methoxy groups -OCH3 is 1. The number of benzene rings is 2.